The quantitative estimate of drug-likeness (QED) is 0.868. The van der Waals surface area contributed by atoms with Crippen molar-refractivity contribution in [3.8, 4) is 0 Å². The first kappa shape index (κ1) is 15.0. The summed E-state index contributed by atoms with van der Waals surface area (Å²) >= 11 is 5.99. The Labute approximate surface area is 124 Å². The molecule has 0 bridgehead atoms. The lowest BCUT2D eigenvalue weighted by Crippen LogP contribution is -2.45. The van der Waals surface area contributed by atoms with Crippen molar-refractivity contribution in [1.82, 2.24) is 5.32 Å². The molecule has 2 unspecified atom stereocenters. The van der Waals surface area contributed by atoms with Crippen molar-refractivity contribution in [2.24, 2.45) is 11.8 Å². The molecule has 1 N–H and O–H groups in total. The Morgan fingerprint density at radius 1 is 1.35 bits per heavy atom. The van der Waals surface area contributed by atoms with Gasteiger partial charge in [-0.3, -0.25) is 14.9 Å². The van der Waals surface area contributed by atoms with Gasteiger partial charge in [-0.2, -0.15) is 0 Å². The van der Waals surface area contributed by atoms with Gasteiger partial charge in [0, 0.05) is 23.3 Å². The summed E-state index contributed by atoms with van der Waals surface area (Å²) in [6, 6.07) is 5.66. The summed E-state index contributed by atoms with van der Waals surface area (Å²) in [5.41, 5.74) is 2.10. The molecule has 1 fully saturated rings. The second kappa shape index (κ2) is 5.96. The number of hydrogen-bond donors (Lipinski definition) is 1. The Morgan fingerprint density at radius 2 is 2.05 bits per heavy atom. The zero-order valence-electron chi connectivity index (χ0n) is 12.1. The highest BCUT2D eigenvalue weighted by molar-refractivity contribution is 6.30. The fourth-order valence-corrected chi connectivity index (χ4v) is 3.19. The molecule has 20 heavy (non-hydrogen) atoms. The van der Waals surface area contributed by atoms with Crippen LogP contribution in [0.3, 0.4) is 0 Å². The standard InChI is InChI=1S/C16H20ClNO2/c1-9(2)6-14-13(8-15(19)18-16(14)20)12-5-4-11(17)7-10(12)3/h4-5,7,9,13-14H,6,8H2,1-3H3,(H,18,19,20). The van der Waals surface area contributed by atoms with E-state index in [-0.39, 0.29) is 23.7 Å². The van der Waals surface area contributed by atoms with E-state index in [9.17, 15) is 9.59 Å². The van der Waals surface area contributed by atoms with Crippen LogP contribution in [-0.4, -0.2) is 11.8 Å². The highest BCUT2D eigenvalue weighted by Crippen LogP contribution is 2.37. The van der Waals surface area contributed by atoms with E-state index < -0.39 is 0 Å². The normalized spacial score (nSPS) is 23.1. The SMILES string of the molecule is Cc1cc(Cl)ccc1C1CC(=O)NC(=O)C1CC(C)C. The molecule has 2 amide bonds. The van der Waals surface area contributed by atoms with E-state index in [0.717, 1.165) is 17.5 Å². The second-order valence-corrected chi connectivity index (χ2v) is 6.40. The maximum atomic E-state index is 12.1. The summed E-state index contributed by atoms with van der Waals surface area (Å²) in [6.07, 6.45) is 1.15. The maximum absolute atomic E-state index is 12.1. The molecule has 0 aliphatic carbocycles. The van der Waals surface area contributed by atoms with E-state index in [1.54, 1.807) is 0 Å². The molecule has 3 nitrogen and oxygen atoms in total. The predicted octanol–water partition coefficient (Wildman–Crippen LogP) is 3.44. The van der Waals surface area contributed by atoms with E-state index in [1.807, 2.05) is 25.1 Å². The molecule has 108 valence electrons. The average Bonchev–Trinajstić information content (AvgIpc) is 2.32. The monoisotopic (exact) mass is 293 g/mol. The Kier molecular flexibility index (Phi) is 4.48. The Hall–Kier alpha value is -1.35. The first-order valence-corrected chi connectivity index (χ1v) is 7.36. The van der Waals surface area contributed by atoms with Crippen LogP contribution in [0.15, 0.2) is 18.2 Å². The number of halogens is 1. The molecule has 0 radical (unpaired) electrons. The van der Waals surface area contributed by atoms with Crippen molar-refractivity contribution in [3.05, 3.63) is 34.3 Å². The van der Waals surface area contributed by atoms with Gasteiger partial charge >= 0.3 is 0 Å². The van der Waals surface area contributed by atoms with Crippen LogP contribution in [0.5, 0.6) is 0 Å². The van der Waals surface area contributed by atoms with Crippen LogP contribution in [0.25, 0.3) is 0 Å². The summed E-state index contributed by atoms with van der Waals surface area (Å²) in [7, 11) is 0. The molecule has 2 rings (SSSR count). The predicted molar refractivity (Wildman–Crippen MR) is 79.6 cm³/mol. The smallest absolute Gasteiger partial charge is 0.230 e. The van der Waals surface area contributed by atoms with E-state index >= 15 is 0 Å². The van der Waals surface area contributed by atoms with Crippen LogP contribution in [0.4, 0.5) is 0 Å². The lowest BCUT2D eigenvalue weighted by molar-refractivity contribution is -0.137. The van der Waals surface area contributed by atoms with E-state index in [4.69, 9.17) is 11.6 Å². The summed E-state index contributed by atoms with van der Waals surface area (Å²) in [4.78, 5) is 23.9. The molecule has 0 saturated carbocycles. The Balaban J connectivity index is 2.37. The molecule has 0 spiro atoms. The number of amides is 2. The van der Waals surface area contributed by atoms with Gasteiger partial charge in [0.15, 0.2) is 0 Å². The fourth-order valence-electron chi connectivity index (χ4n) is 2.97. The molecule has 1 aromatic rings. The van der Waals surface area contributed by atoms with E-state index in [1.165, 1.54) is 0 Å². The van der Waals surface area contributed by atoms with Crippen LogP contribution in [0.2, 0.25) is 5.02 Å². The molecule has 1 aliphatic heterocycles. The first-order chi connectivity index (χ1) is 9.38. The zero-order valence-corrected chi connectivity index (χ0v) is 12.8. The molecule has 0 aromatic heterocycles. The number of piperidine rings is 1. The van der Waals surface area contributed by atoms with Crippen molar-refractivity contribution in [2.45, 2.75) is 39.5 Å². The highest BCUT2D eigenvalue weighted by Gasteiger charge is 2.37. The van der Waals surface area contributed by atoms with Crippen LogP contribution < -0.4 is 5.32 Å². The lowest BCUT2D eigenvalue weighted by atomic mass is 9.75. The molecular weight excluding hydrogens is 274 g/mol. The van der Waals surface area contributed by atoms with Crippen molar-refractivity contribution in [2.75, 3.05) is 0 Å². The van der Waals surface area contributed by atoms with Crippen LogP contribution >= 0.6 is 11.6 Å². The summed E-state index contributed by atoms with van der Waals surface area (Å²) in [5.74, 6) is -0.110. The van der Waals surface area contributed by atoms with Gasteiger partial charge in [0.25, 0.3) is 0 Å². The number of imide groups is 1. The summed E-state index contributed by atoms with van der Waals surface area (Å²) in [5, 5.41) is 3.14. The molecule has 4 heteroatoms. The zero-order chi connectivity index (χ0) is 14.9. The van der Waals surface area contributed by atoms with E-state index in [0.29, 0.717) is 17.4 Å². The van der Waals surface area contributed by atoms with Crippen molar-refractivity contribution in [3.63, 3.8) is 0 Å². The summed E-state index contributed by atoms with van der Waals surface area (Å²) < 4.78 is 0. The van der Waals surface area contributed by atoms with Crippen molar-refractivity contribution < 1.29 is 9.59 Å². The topological polar surface area (TPSA) is 46.2 Å². The third-order valence-electron chi connectivity index (χ3n) is 3.85. The van der Waals surface area contributed by atoms with Crippen LogP contribution in [0.1, 0.15) is 43.7 Å². The molecule has 1 heterocycles. The van der Waals surface area contributed by atoms with Gasteiger partial charge in [0.2, 0.25) is 11.8 Å². The number of carbonyl (C=O) groups is 2. The number of rotatable bonds is 3. The third kappa shape index (κ3) is 3.21. The minimum Gasteiger partial charge on any atom is -0.296 e. The summed E-state index contributed by atoms with van der Waals surface area (Å²) in [6.45, 7) is 6.16. The van der Waals surface area contributed by atoms with Gasteiger partial charge in [0.1, 0.15) is 0 Å². The van der Waals surface area contributed by atoms with E-state index in [2.05, 4.69) is 19.2 Å². The number of carbonyl (C=O) groups excluding carboxylic acids is 2. The first-order valence-electron chi connectivity index (χ1n) is 6.98. The second-order valence-electron chi connectivity index (χ2n) is 5.96. The third-order valence-corrected chi connectivity index (χ3v) is 4.08. The van der Waals surface area contributed by atoms with Gasteiger partial charge in [-0.1, -0.05) is 31.5 Å². The number of benzene rings is 1. The number of aryl methyl sites for hydroxylation is 1. The molecule has 1 aromatic carbocycles. The van der Waals surface area contributed by atoms with Crippen molar-refractivity contribution >= 4 is 23.4 Å². The fraction of sp³-hybridized carbons (Fsp3) is 0.500. The molecule has 1 saturated heterocycles. The van der Waals surface area contributed by atoms with Crippen molar-refractivity contribution in [1.29, 1.82) is 0 Å². The Bertz CT molecular complexity index is 539. The average molecular weight is 294 g/mol. The van der Waals surface area contributed by atoms with Crippen LogP contribution in [-0.2, 0) is 9.59 Å². The largest absolute Gasteiger partial charge is 0.296 e. The highest BCUT2D eigenvalue weighted by atomic mass is 35.5. The molecule has 2 atom stereocenters. The molecule has 1 aliphatic rings. The van der Waals surface area contributed by atoms with Gasteiger partial charge < -0.3 is 0 Å². The Morgan fingerprint density at radius 3 is 2.65 bits per heavy atom. The van der Waals surface area contributed by atoms with Crippen LogP contribution in [0, 0.1) is 18.8 Å². The number of nitrogens with one attached hydrogen (secondary N) is 1. The minimum atomic E-state index is -0.186. The molecular formula is C16H20ClNO2. The minimum absolute atomic E-state index is 0.0454. The van der Waals surface area contributed by atoms with Gasteiger partial charge in [-0.15, -0.1) is 0 Å². The van der Waals surface area contributed by atoms with Gasteiger partial charge in [-0.05, 0) is 42.5 Å². The maximum Gasteiger partial charge on any atom is 0.230 e. The lowest BCUT2D eigenvalue weighted by Gasteiger charge is -2.32. The van der Waals surface area contributed by atoms with Gasteiger partial charge in [-0.25, -0.2) is 0 Å². The number of hydrogen-bond acceptors (Lipinski definition) is 2. The van der Waals surface area contributed by atoms with Gasteiger partial charge in [0.05, 0.1) is 0 Å².